The Balaban J connectivity index is 2.29. The summed E-state index contributed by atoms with van der Waals surface area (Å²) in [5.41, 5.74) is 1.17. The zero-order valence-corrected chi connectivity index (χ0v) is 25.2. The maximum absolute atomic E-state index is 11.6. The van der Waals surface area contributed by atoms with E-state index in [-0.39, 0.29) is 13.2 Å². The Morgan fingerprint density at radius 3 is 2.13 bits per heavy atom. The number of aryl methyl sites for hydroxylation is 1. The van der Waals surface area contributed by atoms with Crippen LogP contribution < -0.4 is 10.1 Å². The van der Waals surface area contributed by atoms with Crippen molar-refractivity contribution < 1.29 is 33.5 Å². The average Bonchev–Trinajstić information content (AvgIpc) is 2.91. The fraction of sp³-hybridized carbons (Fsp3) is 0.767. The van der Waals surface area contributed by atoms with Crippen LogP contribution in [-0.4, -0.2) is 49.9 Å². The summed E-state index contributed by atoms with van der Waals surface area (Å²) in [6, 6.07) is 8.04. The molecule has 0 bridgehead atoms. The van der Waals surface area contributed by atoms with E-state index >= 15 is 0 Å². The molecule has 220 valence electrons. The van der Waals surface area contributed by atoms with Gasteiger partial charge in [0.25, 0.3) is 0 Å². The molecule has 0 saturated heterocycles. The first-order chi connectivity index (χ1) is 18.6. The maximum Gasteiger partial charge on any atom is 0.329 e. The number of nitrogens with two attached hydrogens (primary N) is 1. The van der Waals surface area contributed by atoms with Gasteiger partial charge in [-0.3, -0.25) is 4.79 Å². The Kier molecular flexibility index (Phi) is 22.7. The predicted octanol–water partition coefficient (Wildman–Crippen LogP) is 6.47. The van der Waals surface area contributed by atoms with Gasteiger partial charge in [0.1, 0.15) is 12.4 Å². The van der Waals surface area contributed by atoms with Crippen molar-refractivity contribution in [1.82, 2.24) is 0 Å². The first kappa shape index (κ1) is 34.8. The number of carbonyl (C=O) groups excluding carboxylic acids is 1. The standard InChI is InChI=1S/C30H54NO6P/c1-4-6-7-8-9-10-11-12-13-14-15-16-20-28-21-17-18-22-30(28)34-25-29(37-27(3)32)26-36-38(33)35-24-19-23-31-5-2/h17-18,21-22,29,31,33H,4-16,19-20,23-26H2,1-3H3/p+1. The van der Waals surface area contributed by atoms with Gasteiger partial charge in [-0.1, -0.05) is 95.8 Å². The second kappa shape index (κ2) is 24.8. The lowest BCUT2D eigenvalue weighted by molar-refractivity contribution is -0.652. The highest BCUT2D eigenvalue weighted by Crippen LogP contribution is 2.33. The van der Waals surface area contributed by atoms with Gasteiger partial charge in [0.05, 0.1) is 26.3 Å². The molecule has 0 aliphatic heterocycles. The highest BCUT2D eigenvalue weighted by atomic mass is 31.2. The fourth-order valence-electron chi connectivity index (χ4n) is 4.30. The van der Waals surface area contributed by atoms with Gasteiger partial charge in [-0.05, 0) is 31.4 Å². The minimum Gasteiger partial charge on any atom is -0.489 e. The molecule has 0 spiro atoms. The van der Waals surface area contributed by atoms with Crippen molar-refractivity contribution >= 4 is 14.6 Å². The highest BCUT2D eigenvalue weighted by Gasteiger charge is 2.18. The lowest BCUT2D eigenvalue weighted by atomic mass is 10.0. The van der Waals surface area contributed by atoms with Crippen LogP contribution >= 0.6 is 8.60 Å². The summed E-state index contributed by atoms with van der Waals surface area (Å²) >= 11 is 0. The molecule has 1 aromatic rings. The molecule has 3 N–H and O–H groups in total. The molecule has 0 heterocycles. The predicted molar refractivity (Wildman–Crippen MR) is 155 cm³/mol. The third-order valence-electron chi connectivity index (χ3n) is 6.44. The van der Waals surface area contributed by atoms with Gasteiger partial charge in [-0.2, -0.15) is 0 Å². The van der Waals surface area contributed by atoms with Crippen LogP contribution in [0.5, 0.6) is 5.75 Å². The number of para-hydroxylation sites is 1. The van der Waals surface area contributed by atoms with Crippen LogP contribution in [0.25, 0.3) is 0 Å². The Morgan fingerprint density at radius 1 is 0.868 bits per heavy atom. The lowest BCUT2D eigenvalue weighted by Gasteiger charge is -2.20. The number of hydrogen-bond acceptors (Lipinski definition) is 6. The summed E-state index contributed by atoms with van der Waals surface area (Å²) in [6.07, 6.45) is 17.2. The van der Waals surface area contributed by atoms with Crippen molar-refractivity contribution in [3.8, 4) is 5.75 Å². The number of rotatable bonds is 26. The first-order valence-corrected chi connectivity index (χ1v) is 16.1. The smallest absolute Gasteiger partial charge is 0.329 e. The molecule has 2 atom stereocenters. The monoisotopic (exact) mass is 556 g/mol. The van der Waals surface area contributed by atoms with Crippen molar-refractivity contribution in [3.63, 3.8) is 0 Å². The zero-order valence-electron chi connectivity index (χ0n) is 24.3. The quantitative estimate of drug-likeness (QED) is 0.0773. The van der Waals surface area contributed by atoms with Crippen LogP contribution in [-0.2, 0) is 25.0 Å². The number of esters is 1. The molecule has 0 aromatic heterocycles. The molecule has 1 rings (SSSR count). The fourth-order valence-corrected chi connectivity index (χ4v) is 4.95. The SMILES string of the molecule is CCCCCCCCCCCCCCc1ccccc1OCC(COP(O)OCCC[NH2+]CC)OC(C)=O. The van der Waals surface area contributed by atoms with Crippen molar-refractivity contribution in [2.75, 3.05) is 32.9 Å². The van der Waals surface area contributed by atoms with Crippen molar-refractivity contribution in [2.24, 2.45) is 0 Å². The van der Waals surface area contributed by atoms with Gasteiger partial charge < -0.3 is 28.7 Å². The van der Waals surface area contributed by atoms with Crippen molar-refractivity contribution in [1.29, 1.82) is 0 Å². The summed E-state index contributed by atoms with van der Waals surface area (Å²) < 4.78 is 22.1. The summed E-state index contributed by atoms with van der Waals surface area (Å²) in [7, 11) is -2.01. The molecule has 0 amide bonds. The summed E-state index contributed by atoms with van der Waals surface area (Å²) in [5.74, 6) is 0.396. The topological polar surface area (TPSA) is 90.8 Å². The average molecular weight is 557 g/mol. The molecule has 8 heteroatoms. The van der Waals surface area contributed by atoms with E-state index in [0.29, 0.717) is 6.61 Å². The number of ether oxygens (including phenoxy) is 2. The van der Waals surface area contributed by atoms with E-state index in [1.807, 2.05) is 18.2 Å². The van der Waals surface area contributed by atoms with Gasteiger partial charge in [0, 0.05) is 13.3 Å². The molecular weight excluding hydrogens is 501 g/mol. The number of carbonyl (C=O) groups is 1. The molecule has 1 aromatic carbocycles. The van der Waals surface area contributed by atoms with Crippen molar-refractivity contribution in [2.45, 2.75) is 117 Å². The minimum absolute atomic E-state index is 0.0176. The molecule has 0 aliphatic rings. The molecule has 7 nitrogen and oxygen atoms in total. The number of benzene rings is 1. The van der Waals surface area contributed by atoms with Crippen LogP contribution in [0.15, 0.2) is 24.3 Å². The zero-order chi connectivity index (χ0) is 27.7. The van der Waals surface area contributed by atoms with Crippen molar-refractivity contribution in [3.05, 3.63) is 29.8 Å². The van der Waals surface area contributed by atoms with Crippen LogP contribution in [0.4, 0.5) is 0 Å². The van der Waals surface area contributed by atoms with Gasteiger partial charge >= 0.3 is 14.6 Å². The van der Waals surface area contributed by atoms with E-state index in [1.165, 1.54) is 83.1 Å². The lowest BCUT2D eigenvalue weighted by Crippen LogP contribution is -2.83. The largest absolute Gasteiger partial charge is 0.489 e. The third kappa shape index (κ3) is 19.8. The van der Waals surface area contributed by atoms with E-state index in [9.17, 15) is 9.69 Å². The Labute approximate surface area is 233 Å². The third-order valence-corrected chi connectivity index (χ3v) is 7.22. The molecule has 0 aliphatic carbocycles. The minimum atomic E-state index is -2.01. The van der Waals surface area contributed by atoms with Crippen LogP contribution in [0.3, 0.4) is 0 Å². The van der Waals surface area contributed by atoms with E-state index in [0.717, 1.165) is 38.1 Å². The van der Waals surface area contributed by atoms with Gasteiger partial charge in [0.2, 0.25) is 0 Å². The Hall–Kier alpha value is -1.24. The molecule has 0 saturated carbocycles. The first-order valence-electron chi connectivity index (χ1n) is 15.0. The second-order valence-electron chi connectivity index (χ2n) is 10.00. The van der Waals surface area contributed by atoms with E-state index in [2.05, 4.69) is 25.2 Å². The second-order valence-corrected chi connectivity index (χ2v) is 11.0. The summed E-state index contributed by atoms with van der Waals surface area (Å²) in [4.78, 5) is 21.6. The summed E-state index contributed by atoms with van der Waals surface area (Å²) in [5, 5.41) is 2.17. The maximum atomic E-state index is 11.6. The van der Waals surface area contributed by atoms with Crippen LogP contribution in [0.1, 0.15) is 110 Å². The molecule has 2 unspecified atom stereocenters. The van der Waals surface area contributed by atoms with E-state index in [1.54, 1.807) is 0 Å². The normalized spacial score (nSPS) is 12.8. The highest BCUT2D eigenvalue weighted by molar-refractivity contribution is 7.40. The van der Waals surface area contributed by atoms with E-state index < -0.39 is 20.7 Å². The van der Waals surface area contributed by atoms with Crippen LogP contribution in [0, 0.1) is 0 Å². The van der Waals surface area contributed by atoms with E-state index in [4.69, 9.17) is 18.5 Å². The molecule has 38 heavy (non-hydrogen) atoms. The van der Waals surface area contributed by atoms with Crippen LogP contribution in [0.2, 0.25) is 0 Å². The summed E-state index contributed by atoms with van der Waals surface area (Å²) in [6.45, 7) is 8.30. The van der Waals surface area contributed by atoms with Gasteiger partial charge in [0.15, 0.2) is 6.10 Å². The van der Waals surface area contributed by atoms with Gasteiger partial charge in [-0.15, -0.1) is 0 Å². The van der Waals surface area contributed by atoms with Gasteiger partial charge in [-0.25, -0.2) is 0 Å². The molecule has 0 fully saturated rings. The Bertz CT molecular complexity index is 692. The molecular formula is C30H55NO6P+. The number of unbranched alkanes of at least 4 members (excludes halogenated alkanes) is 11. The molecule has 0 radical (unpaired) electrons. The number of hydrogen-bond donors (Lipinski definition) is 2. The Morgan fingerprint density at radius 2 is 1.50 bits per heavy atom. The number of quaternary nitrogens is 1.